The zero-order valence-corrected chi connectivity index (χ0v) is 15.3. The van der Waals surface area contributed by atoms with Crippen LogP contribution in [0.25, 0.3) is 6.08 Å². The molecule has 26 heavy (non-hydrogen) atoms. The molecule has 4 bridgehead atoms. The lowest BCUT2D eigenvalue weighted by Gasteiger charge is -2.55. The number of hydrogen-bond donors (Lipinski definition) is 0. The van der Waals surface area contributed by atoms with E-state index in [1.165, 1.54) is 25.3 Å². The fraction of sp³-hybridized carbons (Fsp3) is 0.545. The van der Waals surface area contributed by atoms with E-state index in [1.54, 1.807) is 13.2 Å². The molecule has 0 aliphatic heterocycles. The molecule has 0 heterocycles. The van der Waals surface area contributed by atoms with Gasteiger partial charge in [0, 0.05) is 11.5 Å². The molecule has 1 aromatic rings. The van der Waals surface area contributed by atoms with Crippen LogP contribution in [-0.2, 0) is 14.3 Å². The maximum atomic E-state index is 12.8. The third kappa shape index (κ3) is 3.42. The quantitative estimate of drug-likeness (QED) is 0.571. The maximum absolute atomic E-state index is 12.8. The first-order valence-electron chi connectivity index (χ1n) is 9.58. The SMILES string of the molecule is COc1cccc(/C=C/C(=O)OCC(=O)C23CC4CC(CC(C4)C2)C3)c1. The summed E-state index contributed by atoms with van der Waals surface area (Å²) in [5.74, 6) is 2.56. The van der Waals surface area contributed by atoms with Crippen LogP contribution in [0.15, 0.2) is 30.3 Å². The first-order valence-corrected chi connectivity index (χ1v) is 9.58. The van der Waals surface area contributed by atoms with Gasteiger partial charge in [-0.25, -0.2) is 4.79 Å². The molecule has 0 spiro atoms. The number of esters is 1. The third-order valence-electron chi connectivity index (χ3n) is 6.48. The van der Waals surface area contributed by atoms with Gasteiger partial charge in [-0.2, -0.15) is 0 Å². The summed E-state index contributed by atoms with van der Waals surface area (Å²) in [5.41, 5.74) is 0.652. The fourth-order valence-electron chi connectivity index (χ4n) is 5.70. The summed E-state index contributed by atoms with van der Waals surface area (Å²) in [5, 5.41) is 0. The highest BCUT2D eigenvalue weighted by Crippen LogP contribution is 2.60. The number of Topliss-reactive ketones (excluding diaryl/α,β-unsaturated/α-hetero) is 1. The molecule has 4 heteroatoms. The molecule has 0 aromatic heterocycles. The highest BCUT2D eigenvalue weighted by molar-refractivity contribution is 5.91. The van der Waals surface area contributed by atoms with Crippen LogP contribution in [0.1, 0.15) is 44.1 Å². The Labute approximate surface area is 154 Å². The molecule has 4 aliphatic carbocycles. The summed E-state index contributed by atoms with van der Waals surface area (Å²) in [6, 6.07) is 7.43. The number of ketones is 1. The van der Waals surface area contributed by atoms with Crippen molar-refractivity contribution in [3.05, 3.63) is 35.9 Å². The largest absolute Gasteiger partial charge is 0.497 e. The Morgan fingerprint density at radius 2 is 1.77 bits per heavy atom. The van der Waals surface area contributed by atoms with Crippen LogP contribution < -0.4 is 4.74 Å². The predicted molar refractivity (Wildman–Crippen MR) is 98.6 cm³/mol. The Morgan fingerprint density at radius 3 is 2.38 bits per heavy atom. The van der Waals surface area contributed by atoms with E-state index >= 15 is 0 Å². The lowest BCUT2D eigenvalue weighted by Crippen LogP contribution is -2.51. The Balaban J connectivity index is 1.33. The Hall–Kier alpha value is -2.10. The van der Waals surface area contributed by atoms with Crippen LogP contribution in [0.3, 0.4) is 0 Å². The summed E-state index contributed by atoms with van der Waals surface area (Å²) < 4.78 is 10.4. The molecular weight excluding hydrogens is 328 g/mol. The molecule has 0 radical (unpaired) electrons. The number of hydrogen-bond acceptors (Lipinski definition) is 4. The van der Waals surface area contributed by atoms with Crippen molar-refractivity contribution in [3.8, 4) is 5.75 Å². The number of carbonyl (C=O) groups excluding carboxylic acids is 2. The summed E-state index contributed by atoms with van der Waals surface area (Å²) in [7, 11) is 1.60. The van der Waals surface area contributed by atoms with Crippen molar-refractivity contribution >= 4 is 17.8 Å². The summed E-state index contributed by atoms with van der Waals surface area (Å²) >= 11 is 0. The number of ether oxygens (including phenoxy) is 2. The van der Waals surface area contributed by atoms with E-state index in [0.717, 1.165) is 30.6 Å². The van der Waals surface area contributed by atoms with E-state index in [2.05, 4.69) is 0 Å². The third-order valence-corrected chi connectivity index (χ3v) is 6.48. The standard InChI is InChI=1S/C22H26O4/c1-25-19-4-2-3-15(10-19)5-6-21(24)26-14-20(23)22-11-16-7-17(12-22)9-18(8-16)13-22/h2-6,10,16-18H,7-9,11-14H2,1H3/b6-5+. The fourth-order valence-corrected chi connectivity index (χ4v) is 5.70. The predicted octanol–water partition coefficient (Wildman–Crippen LogP) is 4.04. The molecule has 4 aliphatic rings. The monoisotopic (exact) mass is 354 g/mol. The van der Waals surface area contributed by atoms with Gasteiger partial charge < -0.3 is 9.47 Å². The van der Waals surface area contributed by atoms with Crippen LogP contribution in [0.4, 0.5) is 0 Å². The first-order chi connectivity index (χ1) is 12.6. The zero-order valence-electron chi connectivity index (χ0n) is 15.3. The average molecular weight is 354 g/mol. The highest BCUT2D eigenvalue weighted by Gasteiger charge is 2.54. The average Bonchev–Trinajstić information content (AvgIpc) is 2.63. The van der Waals surface area contributed by atoms with Crippen LogP contribution in [-0.4, -0.2) is 25.5 Å². The maximum Gasteiger partial charge on any atom is 0.331 e. The smallest absolute Gasteiger partial charge is 0.331 e. The van der Waals surface area contributed by atoms with Crippen LogP contribution >= 0.6 is 0 Å². The lowest BCUT2D eigenvalue weighted by molar-refractivity contribution is -0.155. The molecule has 0 amide bonds. The van der Waals surface area contributed by atoms with Gasteiger partial charge in [-0.15, -0.1) is 0 Å². The van der Waals surface area contributed by atoms with E-state index in [4.69, 9.17) is 9.47 Å². The van der Waals surface area contributed by atoms with E-state index < -0.39 is 5.97 Å². The van der Waals surface area contributed by atoms with Crippen molar-refractivity contribution in [1.29, 1.82) is 0 Å². The van der Waals surface area contributed by atoms with Crippen LogP contribution in [0, 0.1) is 23.2 Å². The zero-order chi connectivity index (χ0) is 18.1. The number of benzene rings is 1. The normalized spacial score (nSPS) is 32.0. The molecule has 0 N–H and O–H groups in total. The molecule has 4 nitrogen and oxygen atoms in total. The Kier molecular flexibility index (Phi) is 4.60. The van der Waals surface area contributed by atoms with Gasteiger partial charge in [-0.3, -0.25) is 4.79 Å². The van der Waals surface area contributed by atoms with Gasteiger partial charge in [0.05, 0.1) is 7.11 Å². The molecular formula is C22H26O4. The van der Waals surface area contributed by atoms with Crippen molar-refractivity contribution in [2.45, 2.75) is 38.5 Å². The molecule has 0 saturated heterocycles. The minimum Gasteiger partial charge on any atom is -0.497 e. The van der Waals surface area contributed by atoms with E-state index in [9.17, 15) is 9.59 Å². The molecule has 0 unspecified atom stereocenters. The van der Waals surface area contributed by atoms with Crippen molar-refractivity contribution < 1.29 is 19.1 Å². The van der Waals surface area contributed by atoms with Crippen molar-refractivity contribution in [1.82, 2.24) is 0 Å². The van der Waals surface area contributed by atoms with Gasteiger partial charge in [0.25, 0.3) is 0 Å². The first kappa shape index (κ1) is 17.3. The minimum atomic E-state index is -0.467. The van der Waals surface area contributed by atoms with E-state index in [0.29, 0.717) is 17.8 Å². The Bertz CT molecular complexity index is 698. The van der Waals surface area contributed by atoms with Crippen LogP contribution in [0.2, 0.25) is 0 Å². The lowest BCUT2D eigenvalue weighted by atomic mass is 9.48. The molecule has 0 atom stereocenters. The van der Waals surface area contributed by atoms with E-state index in [1.807, 2.05) is 24.3 Å². The number of carbonyl (C=O) groups is 2. The summed E-state index contributed by atoms with van der Waals surface area (Å²) in [6.45, 7) is -0.0898. The van der Waals surface area contributed by atoms with Gasteiger partial charge in [0.2, 0.25) is 0 Å². The van der Waals surface area contributed by atoms with Gasteiger partial charge >= 0.3 is 5.97 Å². The minimum absolute atomic E-state index is 0.0898. The number of methoxy groups -OCH3 is 1. The Morgan fingerprint density at radius 1 is 1.12 bits per heavy atom. The molecule has 1 aromatic carbocycles. The van der Waals surface area contributed by atoms with Crippen LogP contribution in [0.5, 0.6) is 5.75 Å². The van der Waals surface area contributed by atoms with Crippen molar-refractivity contribution in [2.75, 3.05) is 13.7 Å². The molecule has 138 valence electrons. The molecule has 5 rings (SSSR count). The van der Waals surface area contributed by atoms with Crippen molar-refractivity contribution in [3.63, 3.8) is 0 Å². The highest BCUT2D eigenvalue weighted by atomic mass is 16.5. The summed E-state index contributed by atoms with van der Waals surface area (Å²) in [4.78, 5) is 24.9. The molecule has 4 fully saturated rings. The van der Waals surface area contributed by atoms with Crippen molar-refractivity contribution in [2.24, 2.45) is 23.2 Å². The van der Waals surface area contributed by atoms with Gasteiger partial charge in [0.15, 0.2) is 12.4 Å². The second kappa shape index (κ2) is 6.90. The number of rotatable bonds is 6. The molecule has 4 saturated carbocycles. The second-order valence-corrected chi connectivity index (χ2v) is 8.34. The summed E-state index contributed by atoms with van der Waals surface area (Å²) in [6.07, 6.45) is 9.99. The van der Waals surface area contributed by atoms with Gasteiger partial charge in [-0.1, -0.05) is 12.1 Å². The van der Waals surface area contributed by atoms with E-state index in [-0.39, 0.29) is 17.8 Å². The van der Waals surface area contributed by atoms with Gasteiger partial charge in [0.1, 0.15) is 5.75 Å². The topological polar surface area (TPSA) is 52.6 Å². The second-order valence-electron chi connectivity index (χ2n) is 8.34. The van der Waals surface area contributed by atoms with Gasteiger partial charge in [-0.05, 0) is 80.1 Å².